The summed E-state index contributed by atoms with van der Waals surface area (Å²) < 4.78 is 10.2. The predicted octanol–water partition coefficient (Wildman–Crippen LogP) is 2.66. The molecule has 0 aliphatic rings. The molecule has 0 bridgehead atoms. The van der Waals surface area contributed by atoms with E-state index in [1.165, 1.54) is 0 Å². The third-order valence-corrected chi connectivity index (χ3v) is 3.39. The van der Waals surface area contributed by atoms with Crippen LogP contribution in [0, 0.1) is 0 Å². The number of rotatable bonds is 6. The lowest BCUT2D eigenvalue weighted by atomic mass is 9.91. The van der Waals surface area contributed by atoms with Crippen molar-refractivity contribution >= 4 is 5.78 Å². The minimum absolute atomic E-state index is 0.120. The van der Waals surface area contributed by atoms with Gasteiger partial charge in [0.05, 0.1) is 26.7 Å². The second kappa shape index (κ2) is 6.90. The van der Waals surface area contributed by atoms with E-state index in [9.17, 15) is 9.90 Å². The third kappa shape index (κ3) is 3.41. The smallest absolute Gasteiger partial charge is 0.172 e. The van der Waals surface area contributed by atoms with E-state index in [0.29, 0.717) is 17.1 Å². The van der Waals surface area contributed by atoms with Crippen LogP contribution in [0.25, 0.3) is 0 Å². The molecule has 2 aromatic carbocycles. The van der Waals surface area contributed by atoms with Crippen LogP contribution in [0.3, 0.4) is 0 Å². The van der Waals surface area contributed by atoms with Gasteiger partial charge in [0.25, 0.3) is 0 Å². The van der Waals surface area contributed by atoms with Gasteiger partial charge in [0.2, 0.25) is 0 Å². The van der Waals surface area contributed by atoms with Crippen molar-refractivity contribution in [3.63, 3.8) is 0 Å². The molecule has 110 valence electrons. The lowest BCUT2D eigenvalue weighted by Crippen LogP contribution is -2.16. The van der Waals surface area contributed by atoms with Crippen LogP contribution in [-0.4, -0.2) is 31.7 Å². The Morgan fingerprint density at radius 3 is 1.86 bits per heavy atom. The zero-order valence-electron chi connectivity index (χ0n) is 12.1. The van der Waals surface area contributed by atoms with E-state index in [-0.39, 0.29) is 12.4 Å². The molecule has 21 heavy (non-hydrogen) atoms. The average Bonchev–Trinajstić information content (AvgIpc) is 2.56. The summed E-state index contributed by atoms with van der Waals surface area (Å²) in [5.41, 5.74) is 1.31. The summed E-state index contributed by atoms with van der Waals surface area (Å²) in [5, 5.41) is 9.56. The summed E-state index contributed by atoms with van der Waals surface area (Å²) in [6.07, 6.45) is 0. The number of hydrogen-bond acceptors (Lipinski definition) is 4. The molecular weight excluding hydrogens is 268 g/mol. The van der Waals surface area contributed by atoms with Crippen LogP contribution < -0.4 is 9.47 Å². The Kier molecular flexibility index (Phi) is 4.95. The standard InChI is InChI=1S/C17H18O4/c1-20-14-7-3-12(4-8-14)16(11-18)17(19)13-5-9-15(21-2)10-6-13/h3-10,16,18H,11H2,1-2H3. The first-order chi connectivity index (χ1) is 10.2. The lowest BCUT2D eigenvalue weighted by Gasteiger charge is -2.14. The highest BCUT2D eigenvalue weighted by Crippen LogP contribution is 2.24. The Balaban J connectivity index is 2.24. The number of hydrogen-bond donors (Lipinski definition) is 1. The molecule has 1 unspecified atom stereocenters. The Bertz CT molecular complexity index is 587. The molecule has 1 N–H and O–H groups in total. The lowest BCUT2D eigenvalue weighted by molar-refractivity contribution is 0.0922. The number of methoxy groups -OCH3 is 2. The summed E-state index contributed by atoms with van der Waals surface area (Å²) in [6, 6.07) is 14.0. The number of aliphatic hydroxyl groups excluding tert-OH is 1. The number of carbonyl (C=O) groups is 1. The highest BCUT2D eigenvalue weighted by Gasteiger charge is 2.21. The molecule has 0 aliphatic carbocycles. The highest BCUT2D eigenvalue weighted by molar-refractivity contribution is 6.01. The summed E-state index contributed by atoms with van der Waals surface area (Å²) in [7, 11) is 3.16. The predicted molar refractivity (Wildman–Crippen MR) is 80.1 cm³/mol. The monoisotopic (exact) mass is 286 g/mol. The van der Waals surface area contributed by atoms with Crippen molar-refractivity contribution in [3.05, 3.63) is 59.7 Å². The zero-order valence-corrected chi connectivity index (χ0v) is 12.1. The van der Waals surface area contributed by atoms with Gasteiger partial charge in [-0.15, -0.1) is 0 Å². The minimum atomic E-state index is -0.579. The van der Waals surface area contributed by atoms with Crippen molar-refractivity contribution in [1.82, 2.24) is 0 Å². The molecule has 0 saturated heterocycles. The van der Waals surface area contributed by atoms with Gasteiger partial charge in [-0.25, -0.2) is 0 Å². The van der Waals surface area contributed by atoms with Crippen LogP contribution in [0.5, 0.6) is 11.5 Å². The Labute approximate surface area is 123 Å². The van der Waals surface area contributed by atoms with Gasteiger partial charge in [-0.1, -0.05) is 12.1 Å². The van der Waals surface area contributed by atoms with Crippen molar-refractivity contribution in [2.24, 2.45) is 0 Å². The van der Waals surface area contributed by atoms with Crippen molar-refractivity contribution in [2.45, 2.75) is 5.92 Å². The third-order valence-electron chi connectivity index (χ3n) is 3.39. The summed E-state index contributed by atoms with van der Waals surface area (Å²) >= 11 is 0. The van der Waals surface area contributed by atoms with Gasteiger partial charge in [0.1, 0.15) is 11.5 Å². The number of benzene rings is 2. The molecule has 0 saturated carbocycles. The second-order valence-electron chi connectivity index (χ2n) is 4.60. The van der Waals surface area contributed by atoms with Crippen LogP contribution in [0.4, 0.5) is 0 Å². The molecule has 1 atom stereocenters. The summed E-state index contributed by atoms with van der Waals surface area (Å²) in [6.45, 7) is -0.239. The number of ketones is 1. The quantitative estimate of drug-likeness (QED) is 0.829. The molecule has 4 nitrogen and oxygen atoms in total. The Hall–Kier alpha value is -2.33. The van der Waals surface area contributed by atoms with Crippen molar-refractivity contribution < 1.29 is 19.4 Å². The first-order valence-corrected chi connectivity index (χ1v) is 6.62. The fourth-order valence-electron chi connectivity index (χ4n) is 2.13. The maximum Gasteiger partial charge on any atom is 0.172 e. The zero-order chi connectivity index (χ0) is 15.2. The Morgan fingerprint density at radius 2 is 1.43 bits per heavy atom. The van der Waals surface area contributed by atoms with Crippen LogP contribution in [0.2, 0.25) is 0 Å². The van der Waals surface area contributed by atoms with E-state index in [2.05, 4.69) is 0 Å². The van der Waals surface area contributed by atoms with E-state index in [0.717, 1.165) is 5.56 Å². The van der Waals surface area contributed by atoms with Gasteiger partial charge in [-0.2, -0.15) is 0 Å². The molecule has 2 aromatic rings. The van der Waals surface area contributed by atoms with Crippen LogP contribution >= 0.6 is 0 Å². The Morgan fingerprint density at radius 1 is 0.952 bits per heavy atom. The van der Waals surface area contributed by atoms with Crippen LogP contribution in [0.1, 0.15) is 21.8 Å². The SMILES string of the molecule is COc1ccc(C(=O)C(CO)c2ccc(OC)cc2)cc1. The number of ether oxygens (including phenoxy) is 2. The van der Waals surface area contributed by atoms with Gasteiger partial charge in [-0.3, -0.25) is 4.79 Å². The highest BCUT2D eigenvalue weighted by atomic mass is 16.5. The van der Waals surface area contributed by atoms with E-state index in [1.54, 1.807) is 62.8 Å². The summed E-state index contributed by atoms with van der Waals surface area (Å²) in [4.78, 5) is 12.5. The molecule has 0 spiro atoms. The molecule has 2 rings (SSSR count). The van der Waals surface area contributed by atoms with Gasteiger partial charge in [0, 0.05) is 5.56 Å². The fraction of sp³-hybridized carbons (Fsp3) is 0.235. The van der Waals surface area contributed by atoms with E-state index in [4.69, 9.17) is 9.47 Å². The maximum atomic E-state index is 12.5. The number of aliphatic hydroxyl groups is 1. The minimum Gasteiger partial charge on any atom is -0.497 e. The maximum absolute atomic E-state index is 12.5. The van der Waals surface area contributed by atoms with Crippen molar-refractivity contribution in [2.75, 3.05) is 20.8 Å². The molecule has 0 aromatic heterocycles. The van der Waals surface area contributed by atoms with Gasteiger partial charge in [-0.05, 0) is 42.0 Å². The van der Waals surface area contributed by atoms with Gasteiger partial charge < -0.3 is 14.6 Å². The topological polar surface area (TPSA) is 55.8 Å². The molecule has 0 heterocycles. The van der Waals surface area contributed by atoms with Crippen molar-refractivity contribution in [3.8, 4) is 11.5 Å². The molecular formula is C17H18O4. The van der Waals surface area contributed by atoms with Crippen LogP contribution in [0.15, 0.2) is 48.5 Å². The van der Waals surface area contributed by atoms with Crippen molar-refractivity contribution in [1.29, 1.82) is 0 Å². The van der Waals surface area contributed by atoms with E-state index < -0.39 is 5.92 Å². The molecule has 0 fully saturated rings. The molecule has 0 radical (unpaired) electrons. The average molecular weight is 286 g/mol. The largest absolute Gasteiger partial charge is 0.497 e. The number of carbonyl (C=O) groups excluding carboxylic acids is 1. The second-order valence-corrected chi connectivity index (χ2v) is 4.60. The normalized spacial score (nSPS) is 11.8. The molecule has 4 heteroatoms. The first kappa shape index (κ1) is 15.1. The molecule has 0 amide bonds. The van der Waals surface area contributed by atoms with Gasteiger partial charge >= 0.3 is 0 Å². The summed E-state index contributed by atoms with van der Waals surface area (Å²) in [5.74, 6) is 0.707. The van der Waals surface area contributed by atoms with Crippen LogP contribution in [-0.2, 0) is 0 Å². The van der Waals surface area contributed by atoms with Gasteiger partial charge in [0.15, 0.2) is 5.78 Å². The number of Topliss-reactive ketones (excluding diaryl/α,β-unsaturated/α-hetero) is 1. The van der Waals surface area contributed by atoms with E-state index in [1.807, 2.05) is 0 Å². The molecule has 0 aliphatic heterocycles. The van der Waals surface area contributed by atoms with E-state index >= 15 is 0 Å². The fourth-order valence-corrected chi connectivity index (χ4v) is 2.13. The first-order valence-electron chi connectivity index (χ1n) is 6.62.